The third kappa shape index (κ3) is 7.55. The summed E-state index contributed by atoms with van der Waals surface area (Å²) < 4.78 is 0.476. The highest BCUT2D eigenvalue weighted by Crippen LogP contribution is 2.26. The summed E-state index contributed by atoms with van der Waals surface area (Å²) in [5.74, 6) is 0. The van der Waals surface area contributed by atoms with Crippen LogP contribution < -0.4 is 0 Å². The van der Waals surface area contributed by atoms with Gasteiger partial charge in [0.25, 0.3) is 3.42 Å². The van der Waals surface area contributed by atoms with Crippen LogP contribution >= 0.6 is 46.7 Å². The minimum Gasteiger partial charge on any atom is -0.479 e. The summed E-state index contributed by atoms with van der Waals surface area (Å²) in [4.78, 5) is 0. The van der Waals surface area contributed by atoms with Crippen LogP contribution in [0.4, 0.5) is 0 Å². The molecule has 0 aliphatic carbocycles. The SMILES string of the molecule is [Si][O+](Cl)[Si]C(Cl)(Cl)Cl. The Morgan fingerprint density at radius 2 is 1.75 bits per heavy atom. The summed E-state index contributed by atoms with van der Waals surface area (Å²) >= 11 is 21.1. The van der Waals surface area contributed by atoms with Gasteiger partial charge in [0.1, 0.15) is 0 Å². The Labute approximate surface area is 73.5 Å². The minimum atomic E-state index is -1.33. The van der Waals surface area contributed by atoms with Gasteiger partial charge < -0.3 is 3.30 Å². The lowest BCUT2D eigenvalue weighted by atomic mass is 11.8. The number of hydrogen-bond donors (Lipinski definition) is 0. The van der Waals surface area contributed by atoms with E-state index in [1.54, 1.807) is 3.30 Å². The van der Waals surface area contributed by atoms with Crippen LogP contribution in [0, 0.1) is 0 Å². The van der Waals surface area contributed by atoms with Gasteiger partial charge in [0.2, 0.25) is 11.9 Å². The van der Waals surface area contributed by atoms with Gasteiger partial charge >= 0.3 is 20.2 Å². The van der Waals surface area contributed by atoms with Crippen molar-refractivity contribution in [2.24, 2.45) is 0 Å². The zero-order chi connectivity index (χ0) is 6.78. The first-order valence-electron chi connectivity index (χ1n) is 1.38. The Kier molecular flexibility index (Phi) is 4.37. The maximum atomic E-state index is 5.29. The molecule has 0 N–H and O–H groups in total. The maximum absolute atomic E-state index is 5.29. The monoisotopic (exact) mass is 224 g/mol. The van der Waals surface area contributed by atoms with Gasteiger partial charge in [0.05, 0.1) is 0 Å². The van der Waals surface area contributed by atoms with Crippen LogP contribution in [0.1, 0.15) is 0 Å². The highest BCUT2D eigenvalue weighted by atomic mass is 35.6. The van der Waals surface area contributed by atoms with Crippen LogP contribution in [0.5, 0.6) is 0 Å². The number of halogens is 4. The van der Waals surface area contributed by atoms with Crippen molar-refractivity contribution < 1.29 is 3.30 Å². The first-order chi connectivity index (χ1) is 3.42. The van der Waals surface area contributed by atoms with Gasteiger partial charge in [-0.15, -0.1) is 0 Å². The molecule has 0 bridgehead atoms. The van der Waals surface area contributed by atoms with E-state index < -0.39 is 3.42 Å². The average molecular weight is 226 g/mol. The van der Waals surface area contributed by atoms with E-state index in [-0.39, 0.29) is 9.76 Å². The van der Waals surface area contributed by atoms with E-state index in [0.29, 0.717) is 0 Å². The lowest BCUT2D eigenvalue weighted by molar-refractivity contribution is 0.494. The molecule has 0 atom stereocenters. The predicted octanol–water partition coefficient (Wildman–Crippen LogP) is 1.72. The molecule has 5 radical (unpaired) electrons. The van der Waals surface area contributed by atoms with Crippen molar-refractivity contribution in [1.82, 2.24) is 0 Å². The number of rotatable bonds is 1. The molecular formula is CCl4OSi2+. The quantitative estimate of drug-likeness (QED) is 0.363. The number of hydrogen-bond acceptors (Lipinski definition) is 0. The van der Waals surface area contributed by atoms with E-state index >= 15 is 0 Å². The van der Waals surface area contributed by atoms with Crippen molar-refractivity contribution in [1.29, 1.82) is 0 Å². The number of alkyl halides is 3. The molecule has 0 amide bonds. The fourth-order valence-electron chi connectivity index (χ4n) is 0.102. The first kappa shape index (κ1) is 9.55. The van der Waals surface area contributed by atoms with Gasteiger partial charge in [-0.25, -0.2) is 0 Å². The lowest BCUT2D eigenvalue weighted by Gasteiger charge is -2.04. The second-order valence-electron chi connectivity index (χ2n) is 0.856. The molecule has 0 heterocycles. The summed E-state index contributed by atoms with van der Waals surface area (Å²) in [6.07, 6.45) is 0. The molecule has 0 unspecified atom stereocenters. The topological polar surface area (TPSA) is 2.70 Å². The first-order valence-corrected chi connectivity index (χ1v) is 4.14. The third-order valence-corrected chi connectivity index (χ3v) is 1.85. The van der Waals surface area contributed by atoms with Gasteiger partial charge in [-0.1, -0.05) is 34.8 Å². The van der Waals surface area contributed by atoms with Gasteiger partial charge in [0.15, 0.2) is 0 Å². The summed E-state index contributed by atoms with van der Waals surface area (Å²) in [5, 5.41) is 0. The van der Waals surface area contributed by atoms with Crippen molar-refractivity contribution >= 4 is 66.9 Å². The summed E-state index contributed by atoms with van der Waals surface area (Å²) in [7, 11) is 2.65. The second kappa shape index (κ2) is 3.66. The molecule has 45 valence electrons. The van der Waals surface area contributed by atoms with Crippen molar-refractivity contribution in [2.45, 2.75) is 3.42 Å². The molecule has 0 fully saturated rings. The van der Waals surface area contributed by atoms with E-state index in [4.69, 9.17) is 46.7 Å². The normalized spacial score (nSPS) is 12.8. The van der Waals surface area contributed by atoms with E-state index in [0.717, 1.165) is 0 Å². The predicted molar refractivity (Wildman–Crippen MR) is 38.7 cm³/mol. The zero-order valence-electron chi connectivity index (χ0n) is 3.42. The third-order valence-electron chi connectivity index (χ3n) is 0.205. The van der Waals surface area contributed by atoms with E-state index in [2.05, 4.69) is 10.5 Å². The van der Waals surface area contributed by atoms with E-state index in [1.807, 2.05) is 0 Å². The fraction of sp³-hybridized carbons (Fsp3) is 1.00. The highest BCUT2D eigenvalue weighted by molar-refractivity contribution is 6.87. The Morgan fingerprint density at radius 1 is 1.38 bits per heavy atom. The van der Waals surface area contributed by atoms with E-state index in [1.165, 1.54) is 0 Å². The smallest absolute Gasteiger partial charge is 0.479 e. The van der Waals surface area contributed by atoms with Crippen molar-refractivity contribution in [3.63, 3.8) is 0 Å². The second-order valence-corrected chi connectivity index (χ2v) is 7.09. The molecule has 0 aromatic carbocycles. The van der Waals surface area contributed by atoms with Crippen LogP contribution in [0.2, 0.25) is 0 Å². The highest BCUT2D eigenvalue weighted by Gasteiger charge is 2.35. The Morgan fingerprint density at radius 3 is 1.75 bits per heavy atom. The van der Waals surface area contributed by atoms with Crippen LogP contribution in [0.25, 0.3) is 0 Å². The standard InChI is InChI=1S/CCl4OSi2/c2-1(3,4)8-6(5)7/q+1. The molecule has 0 spiro atoms. The fourth-order valence-corrected chi connectivity index (χ4v) is 2.74. The van der Waals surface area contributed by atoms with Gasteiger partial charge in [-0.3, -0.25) is 0 Å². The lowest BCUT2D eigenvalue weighted by Crippen LogP contribution is -2.21. The molecule has 1 nitrogen and oxygen atoms in total. The van der Waals surface area contributed by atoms with E-state index in [9.17, 15) is 0 Å². The molecule has 0 aliphatic heterocycles. The molecule has 0 rings (SSSR count). The van der Waals surface area contributed by atoms with Crippen LogP contribution in [-0.4, -0.2) is 23.7 Å². The summed E-state index contributed by atoms with van der Waals surface area (Å²) in [6.45, 7) is 0. The Hall–Kier alpha value is 1.55. The van der Waals surface area contributed by atoms with Crippen molar-refractivity contribution in [3.8, 4) is 0 Å². The zero-order valence-corrected chi connectivity index (χ0v) is 8.44. The van der Waals surface area contributed by atoms with Crippen molar-refractivity contribution in [3.05, 3.63) is 0 Å². The van der Waals surface area contributed by atoms with Gasteiger partial charge in [0, 0.05) is 0 Å². The maximum Gasteiger partial charge on any atom is 0.618 e. The summed E-state index contributed by atoms with van der Waals surface area (Å²) in [5.41, 5.74) is 0. The molecular weight excluding hydrogens is 226 g/mol. The molecule has 8 heavy (non-hydrogen) atoms. The molecule has 0 aromatic heterocycles. The summed E-state index contributed by atoms with van der Waals surface area (Å²) in [6, 6.07) is 0. The van der Waals surface area contributed by atoms with Crippen LogP contribution in [-0.2, 0) is 3.30 Å². The largest absolute Gasteiger partial charge is 0.618 e. The van der Waals surface area contributed by atoms with Gasteiger partial charge in [-0.05, 0) is 0 Å². The molecule has 0 aromatic rings. The Balaban J connectivity index is 3.39. The minimum absolute atomic E-state index is 0.177. The van der Waals surface area contributed by atoms with Crippen molar-refractivity contribution in [2.75, 3.05) is 0 Å². The molecule has 0 saturated carbocycles. The Bertz CT molecular complexity index is 68.9. The average Bonchev–Trinajstić information content (AvgIpc) is 1.21. The molecule has 7 heteroatoms. The van der Waals surface area contributed by atoms with Crippen LogP contribution in [0.15, 0.2) is 0 Å². The van der Waals surface area contributed by atoms with Gasteiger partial charge in [-0.2, -0.15) is 0 Å². The molecule has 0 saturated heterocycles. The van der Waals surface area contributed by atoms with Crippen LogP contribution in [0.3, 0.4) is 0 Å². The molecule has 0 aliphatic rings.